The number of nitrogens with zero attached hydrogens (tertiary/aromatic N) is 2. The molecule has 0 bridgehead atoms. The lowest BCUT2D eigenvalue weighted by molar-refractivity contribution is 0.0966. The fourth-order valence-electron chi connectivity index (χ4n) is 6.81. The molecule has 2 aliphatic heterocycles. The molecule has 3 unspecified atom stereocenters. The number of fused-ring (bicyclic) bond motifs is 2. The Labute approximate surface area is 245 Å². The SMILES string of the molecule is CCC1CCCC(Cc2ccc(C(=O)CCC3=NC=C4C(=CC3)N(C)c3ccccc3C(=O)CC4C)cc2O)CC1. The number of aromatic hydroxyl groups is 1. The number of Topliss-reactive ketones (excluding diaryl/α,β-unsaturated/α-hetero) is 2. The van der Waals surface area contributed by atoms with Gasteiger partial charge in [0.1, 0.15) is 5.75 Å². The molecule has 2 aromatic rings. The molecular formula is C36H44N2O3. The number of hydrogen-bond acceptors (Lipinski definition) is 5. The third-order valence-corrected chi connectivity index (χ3v) is 9.50. The fraction of sp³-hybridized carbons (Fsp3) is 0.472. The summed E-state index contributed by atoms with van der Waals surface area (Å²) in [7, 11) is 2.01. The number of hydrogen-bond donors (Lipinski definition) is 1. The average Bonchev–Trinajstić information content (AvgIpc) is 3.34. The molecule has 3 atom stereocenters. The van der Waals surface area contributed by atoms with Crippen LogP contribution in [-0.4, -0.2) is 29.4 Å². The molecule has 0 aromatic heterocycles. The first-order valence-corrected chi connectivity index (χ1v) is 15.5. The molecular weight excluding hydrogens is 508 g/mol. The minimum Gasteiger partial charge on any atom is -0.508 e. The van der Waals surface area contributed by atoms with Gasteiger partial charge in [0.2, 0.25) is 0 Å². The van der Waals surface area contributed by atoms with Gasteiger partial charge in [0.15, 0.2) is 11.6 Å². The van der Waals surface area contributed by atoms with Crippen LogP contribution in [0.2, 0.25) is 0 Å². The molecule has 0 saturated heterocycles. The van der Waals surface area contributed by atoms with Crippen LogP contribution in [0.15, 0.2) is 71.0 Å². The summed E-state index contributed by atoms with van der Waals surface area (Å²) in [6.07, 6.45) is 14.6. The Morgan fingerprint density at radius 3 is 2.66 bits per heavy atom. The number of carbonyl (C=O) groups is 2. The Kier molecular flexibility index (Phi) is 9.22. The van der Waals surface area contributed by atoms with Crippen LogP contribution in [0.5, 0.6) is 5.75 Å². The molecule has 2 aromatic carbocycles. The van der Waals surface area contributed by atoms with Crippen molar-refractivity contribution >= 4 is 23.0 Å². The first kappa shape index (κ1) is 29.0. The molecule has 1 fully saturated rings. The van der Waals surface area contributed by atoms with E-state index in [-0.39, 0.29) is 23.2 Å². The summed E-state index contributed by atoms with van der Waals surface area (Å²) in [5.74, 6) is 1.92. The third kappa shape index (κ3) is 6.72. The minimum atomic E-state index is 0.0235. The van der Waals surface area contributed by atoms with Gasteiger partial charge >= 0.3 is 0 Å². The van der Waals surface area contributed by atoms with E-state index in [1.165, 1.54) is 38.5 Å². The van der Waals surface area contributed by atoms with E-state index in [4.69, 9.17) is 4.99 Å². The van der Waals surface area contributed by atoms with Crippen molar-refractivity contribution in [1.29, 1.82) is 0 Å². The van der Waals surface area contributed by atoms with Crippen LogP contribution in [0, 0.1) is 17.8 Å². The van der Waals surface area contributed by atoms with Gasteiger partial charge in [0.25, 0.3) is 0 Å². The van der Waals surface area contributed by atoms with Gasteiger partial charge in [-0.15, -0.1) is 0 Å². The van der Waals surface area contributed by atoms with Gasteiger partial charge in [-0.05, 0) is 66.4 Å². The normalized spacial score (nSPS) is 23.1. The summed E-state index contributed by atoms with van der Waals surface area (Å²) in [4.78, 5) is 33.0. The number of phenolic OH excluding ortho intramolecular Hbond substituents is 1. The highest BCUT2D eigenvalue weighted by Gasteiger charge is 2.28. The van der Waals surface area contributed by atoms with E-state index in [2.05, 4.69) is 24.8 Å². The van der Waals surface area contributed by atoms with Gasteiger partial charge in [0.05, 0.1) is 5.69 Å². The second kappa shape index (κ2) is 13.0. The van der Waals surface area contributed by atoms with Crippen LogP contribution >= 0.6 is 0 Å². The van der Waals surface area contributed by atoms with Crippen molar-refractivity contribution in [3.05, 3.63) is 82.7 Å². The summed E-state index contributed by atoms with van der Waals surface area (Å²) in [6, 6.07) is 13.3. The lowest BCUT2D eigenvalue weighted by atomic mass is 9.88. The lowest BCUT2D eigenvalue weighted by Gasteiger charge is -2.31. The molecule has 1 N–H and O–H groups in total. The van der Waals surface area contributed by atoms with Crippen molar-refractivity contribution < 1.29 is 14.7 Å². The maximum absolute atomic E-state index is 13.1. The number of phenols is 1. The predicted molar refractivity (Wildman–Crippen MR) is 167 cm³/mol. The Morgan fingerprint density at radius 1 is 1.07 bits per heavy atom. The number of carbonyl (C=O) groups excluding carboxylic acids is 2. The van der Waals surface area contributed by atoms with Gasteiger partial charge in [-0.1, -0.05) is 76.3 Å². The molecule has 3 aliphatic rings. The highest BCUT2D eigenvalue weighted by molar-refractivity contribution is 6.03. The number of aliphatic imine (C=N–C) groups is 1. The number of likely N-dealkylation sites (N-methyl/N-ethyl adjacent to an activating group) is 1. The highest BCUT2D eigenvalue weighted by atomic mass is 16.3. The summed E-state index contributed by atoms with van der Waals surface area (Å²) < 4.78 is 0. The Balaban J connectivity index is 1.23. The monoisotopic (exact) mass is 552 g/mol. The van der Waals surface area contributed by atoms with E-state index < -0.39 is 0 Å². The summed E-state index contributed by atoms with van der Waals surface area (Å²) in [6.45, 7) is 4.37. The zero-order chi connectivity index (χ0) is 28.9. The maximum Gasteiger partial charge on any atom is 0.165 e. The number of ketones is 2. The Bertz CT molecular complexity index is 1380. The smallest absolute Gasteiger partial charge is 0.165 e. The summed E-state index contributed by atoms with van der Waals surface area (Å²) in [5.41, 5.74) is 6.26. The molecule has 0 radical (unpaired) electrons. The fourth-order valence-corrected chi connectivity index (χ4v) is 6.81. The molecule has 1 aliphatic carbocycles. The van der Waals surface area contributed by atoms with Crippen molar-refractivity contribution in [2.24, 2.45) is 22.7 Å². The second-order valence-corrected chi connectivity index (χ2v) is 12.3. The van der Waals surface area contributed by atoms with Crippen LogP contribution in [0.25, 0.3) is 0 Å². The van der Waals surface area contributed by atoms with Crippen LogP contribution in [0.3, 0.4) is 0 Å². The number of para-hydroxylation sites is 1. The summed E-state index contributed by atoms with van der Waals surface area (Å²) in [5, 5.41) is 10.8. The van der Waals surface area contributed by atoms with E-state index in [1.54, 1.807) is 6.07 Å². The molecule has 5 rings (SSSR count). The van der Waals surface area contributed by atoms with Crippen LogP contribution < -0.4 is 4.90 Å². The lowest BCUT2D eigenvalue weighted by Crippen LogP contribution is -2.26. The number of benzene rings is 2. The van der Waals surface area contributed by atoms with E-state index in [1.807, 2.05) is 49.6 Å². The Hall–Kier alpha value is -3.47. The van der Waals surface area contributed by atoms with E-state index in [0.29, 0.717) is 37.2 Å². The standard InChI is InChI=1S/C36H44N2O3/c1-4-25-8-7-9-26(13-12-25)21-27-14-15-28(22-35(27)40)34(39)19-17-29-16-18-33-31(23-37-29)24(2)20-36(41)30-10-5-6-11-32(30)38(33)3/h5-6,10-11,14-15,18,22-26,40H,4,7-9,12-13,16-17,19-21H2,1-3H3. The van der Waals surface area contributed by atoms with Crippen molar-refractivity contribution in [2.75, 3.05) is 11.9 Å². The van der Waals surface area contributed by atoms with Crippen LogP contribution in [0.4, 0.5) is 5.69 Å². The number of allylic oxidation sites excluding steroid dienone is 2. The average molecular weight is 553 g/mol. The van der Waals surface area contributed by atoms with Gasteiger partial charge in [-0.3, -0.25) is 14.6 Å². The topological polar surface area (TPSA) is 70.0 Å². The first-order valence-electron chi connectivity index (χ1n) is 15.5. The van der Waals surface area contributed by atoms with E-state index >= 15 is 0 Å². The van der Waals surface area contributed by atoms with E-state index in [0.717, 1.165) is 46.1 Å². The van der Waals surface area contributed by atoms with Gasteiger partial charge in [-0.2, -0.15) is 0 Å². The highest BCUT2D eigenvalue weighted by Crippen LogP contribution is 2.37. The third-order valence-electron chi connectivity index (χ3n) is 9.50. The minimum absolute atomic E-state index is 0.0235. The number of rotatable bonds is 7. The second-order valence-electron chi connectivity index (χ2n) is 12.3. The first-order chi connectivity index (χ1) is 19.8. The van der Waals surface area contributed by atoms with Crippen LogP contribution in [-0.2, 0) is 6.42 Å². The zero-order valence-corrected chi connectivity index (χ0v) is 24.9. The van der Waals surface area contributed by atoms with Crippen molar-refractivity contribution in [1.82, 2.24) is 0 Å². The van der Waals surface area contributed by atoms with Gasteiger partial charge < -0.3 is 10.0 Å². The number of anilines is 1. The molecule has 216 valence electrons. The molecule has 1 saturated carbocycles. The molecule has 5 heteroatoms. The molecule has 2 heterocycles. The van der Waals surface area contributed by atoms with Gasteiger partial charge in [-0.25, -0.2) is 0 Å². The van der Waals surface area contributed by atoms with Crippen molar-refractivity contribution in [3.8, 4) is 5.75 Å². The molecule has 41 heavy (non-hydrogen) atoms. The molecule has 0 amide bonds. The predicted octanol–water partition coefficient (Wildman–Crippen LogP) is 8.48. The van der Waals surface area contributed by atoms with Gasteiger partial charge in [0, 0.05) is 55.0 Å². The largest absolute Gasteiger partial charge is 0.508 e. The van der Waals surface area contributed by atoms with Crippen LogP contribution in [0.1, 0.15) is 104 Å². The summed E-state index contributed by atoms with van der Waals surface area (Å²) >= 11 is 0. The maximum atomic E-state index is 13.1. The van der Waals surface area contributed by atoms with Crippen molar-refractivity contribution in [3.63, 3.8) is 0 Å². The van der Waals surface area contributed by atoms with E-state index in [9.17, 15) is 14.7 Å². The Morgan fingerprint density at radius 2 is 1.85 bits per heavy atom. The quantitative estimate of drug-likeness (QED) is 0.276. The van der Waals surface area contributed by atoms with Crippen molar-refractivity contribution in [2.45, 2.75) is 84.5 Å². The molecule has 0 spiro atoms. The molecule has 5 nitrogen and oxygen atoms in total. The zero-order valence-electron chi connectivity index (χ0n) is 24.9.